The third-order valence-corrected chi connectivity index (χ3v) is 4.49. The Hall–Kier alpha value is -2.96. The van der Waals surface area contributed by atoms with Crippen LogP contribution in [0, 0.1) is 5.41 Å². The first-order chi connectivity index (χ1) is 11.7. The van der Waals surface area contributed by atoms with E-state index in [4.69, 9.17) is 0 Å². The van der Waals surface area contributed by atoms with Crippen molar-refractivity contribution in [2.45, 2.75) is 19.4 Å². The molecule has 1 amide bonds. The van der Waals surface area contributed by atoms with Crippen molar-refractivity contribution in [3.05, 3.63) is 59.2 Å². The van der Waals surface area contributed by atoms with Gasteiger partial charge in [-0.25, -0.2) is 9.97 Å². The van der Waals surface area contributed by atoms with Gasteiger partial charge < -0.3 is 14.9 Å². The topological polar surface area (TPSA) is 92.7 Å². The normalized spacial score (nSPS) is 15.3. The number of carbonyl (C=O) groups excluding carboxylic acids is 1. The lowest BCUT2D eigenvalue weighted by atomic mass is 10.1. The van der Waals surface area contributed by atoms with Crippen LogP contribution in [0.25, 0.3) is 10.9 Å². The molecule has 7 heteroatoms. The molecule has 4 rings (SSSR count). The molecule has 2 heterocycles. The van der Waals surface area contributed by atoms with Gasteiger partial charge in [0, 0.05) is 30.9 Å². The highest BCUT2D eigenvalue weighted by Gasteiger charge is 2.43. The van der Waals surface area contributed by atoms with Crippen molar-refractivity contribution in [2.75, 3.05) is 6.54 Å². The predicted molar refractivity (Wildman–Crippen MR) is 88.6 cm³/mol. The number of aromatic nitrogens is 4. The van der Waals surface area contributed by atoms with E-state index >= 15 is 0 Å². The van der Waals surface area contributed by atoms with Gasteiger partial charge in [0.2, 0.25) is 0 Å². The minimum absolute atomic E-state index is 0.0529. The summed E-state index contributed by atoms with van der Waals surface area (Å²) in [7, 11) is 0. The van der Waals surface area contributed by atoms with Crippen molar-refractivity contribution in [1.29, 1.82) is 0 Å². The fourth-order valence-electron chi connectivity index (χ4n) is 2.88. The molecule has 0 atom stereocenters. The standard InChI is InChI=1S/C17H17N5O2/c23-15-12-3-1-2-4-13(12)20-14(21-15)16(24)19-9-17(5-6-17)10-22-8-7-18-11-22/h1-4,7-8,11H,5-6,9-10H2,(H,19,24)(H,20,21,23). The first-order valence-corrected chi connectivity index (χ1v) is 7.88. The quantitative estimate of drug-likeness (QED) is 0.741. The third-order valence-electron chi connectivity index (χ3n) is 4.49. The van der Waals surface area contributed by atoms with Gasteiger partial charge in [0.15, 0.2) is 5.82 Å². The SMILES string of the molecule is O=C(NCC1(Cn2ccnc2)CC1)c1nc2ccccc2c(=O)[nH]1. The number of carbonyl (C=O) groups is 1. The monoisotopic (exact) mass is 323 g/mol. The van der Waals surface area contributed by atoms with E-state index in [0.717, 1.165) is 19.4 Å². The summed E-state index contributed by atoms with van der Waals surface area (Å²) in [5, 5.41) is 3.38. The molecule has 1 saturated carbocycles. The van der Waals surface area contributed by atoms with E-state index in [1.54, 1.807) is 36.8 Å². The number of para-hydroxylation sites is 1. The number of nitrogens with one attached hydrogen (secondary N) is 2. The summed E-state index contributed by atoms with van der Waals surface area (Å²) in [6.07, 6.45) is 7.58. The summed E-state index contributed by atoms with van der Waals surface area (Å²) < 4.78 is 2.02. The van der Waals surface area contributed by atoms with Crippen LogP contribution in [0.4, 0.5) is 0 Å². The summed E-state index contributed by atoms with van der Waals surface area (Å²) in [4.78, 5) is 35.2. The molecule has 0 radical (unpaired) electrons. The maximum atomic E-state index is 12.4. The molecule has 1 aliphatic rings. The maximum Gasteiger partial charge on any atom is 0.287 e. The third kappa shape index (κ3) is 2.80. The molecular formula is C17H17N5O2. The van der Waals surface area contributed by atoms with Crippen LogP contribution < -0.4 is 10.9 Å². The van der Waals surface area contributed by atoms with Gasteiger partial charge in [0.25, 0.3) is 11.5 Å². The fraction of sp³-hybridized carbons (Fsp3) is 0.294. The number of H-pyrrole nitrogens is 1. The van der Waals surface area contributed by atoms with E-state index in [1.807, 2.05) is 10.8 Å². The first-order valence-electron chi connectivity index (χ1n) is 7.88. The predicted octanol–water partition coefficient (Wildman–Crippen LogP) is 1.33. The Morgan fingerprint density at radius 1 is 1.33 bits per heavy atom. The van der Waals surface area contributed by atoms with E-state index in [2.05, 4.69) is 20.3 Å². The van der Waals surface area contributed by atoms with E-state index in [-0.39, 0.29) is 22.7 Å². The van der Waals surface area contributed by atoms with Crippen molar-refractivity contribution in [2.24, 2.45) is 5.41 Å². The number of imidazole rings is 1. The van der Waals surface area contributed by atoms with Gasteiger partial charge in [-0.1, -0.05) is 12.1 Å². The summed E-state index contributed by atoms with van der Waals surface area (Å²) in [5.74, 6) is -0.299. The zero-order chi connectivity index (χ0) is 16.6. The highest BCUT2D eigenvalue weighted by Crippen LogP contribution is 2.46. The van der Waals surface area contributed by atoms with Gasteiger partial charge in [-0.2, -0.15) is 0 Å². The lowest BCUT2D eigenvalue weighted by Gasteiger charge is -2.16. The van der Waals surface area contributed by atoms with Crippen LogP contribution >= 0.6 is 0 Å². The van der Waals surface area contributed by atoms with Gasteiger partial charge in [-0.05, 0) is 25.0 Å². The van der Waals surface area contributed by atoms with Crippen LogP contribution in [0.3, 0.4) is 0 Å². The molecule has 0 aliphatic heterocycles. The Labute approximate surface area is 137 Å². The molecule has 122 valence electrons. The second kappa shape index (κ2) is 5.59. The van der Waals surface area contributed by atoms with Crippen LogP contribution in [0.5, 0.6) is 0 Å². The molecular weight excluding hydrogens is 306 g/mol. The Bertz CT molecular complexity index is 941. The average molecular weight is 323 g/mol. The number of nitrogens with zero attached hydrogens (tertiary/aromatic N) is 3. The van der Waals surface area contributed by atoms with Gasteiger partial charge in [0.1, 0.15) is 0 Å². The van der Waals surface area contributed by atoms with Crippen LogP contribution in [0.2, 0.25) is 0 Å². The highest BCUT2D eigenvalue weighted by molar-refractivity contribution is 5.92. The first kappa shape index (κ1) is 14.6. The lowest BCUT2D eigenvalue weighted by Crippen LogP contribution is -2.34. The number of amides is 1. The Kier molecular flexibility index (Phi) is 3.41. The fourth-order valence-corrected chi connectivity index (χ4v) is 2.88. The van der Waals surface area contributed by atoms with Crippen molar-refractivity contribution in [3.8, 4) is 0 Å². The van der Waals surface area contributed by atoms with Crippen LogP contribution in [-0.2, 0) is 6.54 Å². The summed E-state index contributed by atoms with van der Waals surface area (Å²) in [5.41, 5.74) is 0.296. The van der Waals surface area contributed by atoms with E-state index in [0.29, 0.717) is 17.4 Å². The van der Waals surface area contributed by atoms with Gasteiger partial charge in [0.05, 0.1) is 17.2 Å². The summed E-state index contributed by atoms with van der Waals surface area (Å²) >= 11 is 0. The molecule has 0 bridgehead atoms. The molecule has 2 aromatic heterocycles. The van der Waals surface area contributed by atoms with Gasteiger partial charge >= 0.3 is 0 Å². The molecule has 0 saturated heterocycles. The van der Waals surface area contributed by atoms with Crippen molar-refractivity contribution in [3.63, 3.8) is 0 Å². The second-order valence-corrected chi connectivity index (χ2v) is 6.35. The van der Waals surface area contributed by atoms with E-state index in [9.17, 15) is 9.59 Å². The van der Waals surface area contributed by atoms with Gasteiger partial charge in [-0.3, -0.25) is 9.59 Å². The molecule has 0 unspecified atom stereocenters. The zero-order valence-corrected chi connectivity index (χ0v) is 13.0. The highest BCUT2D eigenvalue weighted by atomic mass is 16.2. The number of aromatic amines is 1. The van der Waals surface area contributed by atoms with Crippen LogP contribution in [0.15, 0.2) is 47.8 Å². The molecule has 1 fully saturated rings. The zero-order valence-electron chi connectivity index (χ0n) is 13.0. The minimum atomic E-state index is -0.352. The number of rotatable bonds is 5. The number of hydrogen-bond acceptors (Lipinski definition) is 4. The largest absolute Gasteiger partial charge is 0.349 e. The second-order valence-electron chi connectivity index (χ2n) is 6.35. The maximum absolute atomic E-state index is 12.4. The van der Waals surface area contributed by atoms with E-state index < -0.39 is 0 Å². The summed E-state index contributed by atoms with van der Waals surface area (Å²) in [6.45, 7) is 1.38. The van der Waals surface area contributed by atoms with Crippen molar-refractivity contribution in [1.82, 2.24) is 24.8 Å². The molecule has 7 nitrogen and oxygen atoms in total. The molecule has 24 heavy (non-hydrogen) atoms. The molecule has 3 aromatic rings. The number of benzene rings is 1. The molecule has 1 aliphatic carbocycles. The van der Waals surface area contributed by atoms with E-state index in [1.165, 1.54) is 0 Å². The van der Waals surface area contributed by atoms with Crippen LogP contribution in [-0.4, -0.2) is 32.0 Å². The average Bonchev–Trinajstić information content (AvgIpc) is 3.16. The Morgan fingerprint density at radius 2 is 2.17 bits per heavy atom. The number of hydrogen-bond donors (Lipinski definition) is 2. The summed E-state index contributed by atoms with van der Waals surface area (Å²) in [6, 6.07) is 6.97. The molecule has 1 aromatic carbocycles. The lowest BCUT2D eigenvalue weighted by molar-refractivity contribution is 0.0932. The smallest absolute Gasteiger partial charge is 0.287 e. The Morgan fingerprint density at radius 3 is 2.92 bits per heavy atom. The van der Waals surface area contributed by atoms with Gasteiger partial charge in [-0.15, -0.1) is 0 Å². The van der Waals surface area contributed by atoms with Crippen molar-refractivity contribution >= 4 is 16.8 Å². The molecule has 0 spiro atoms. The van der Waals surface area contributed by atoms with Crippen molar-refractivity contribution < 1.29 is 4.79 Å². The molecule has 2 N–H and O–H groups in total. The minimum Gasteiger partial charge on any atom is -0.349 e. The van der Waals surface area contributed by atoms with Crippen LogP contribution in [0.1, 0.15) is 23.5 Å². The number of fused-ring (bicyclic) bond motifs is 1. The Balaban J connectivity index is 1.48.